The fraction of sp³-hybridized carbons (Fsp3) is 0.333. The normalized spacial score (nSPS) is 10.5. The fourth-order valence-electron chi connectivity index (χ4n) is 0.700. The summed E-state index contributed by atoms with van der Waals surface area (Å²) < 4.78 is 23.4. The summed E-state index contributed by atoms with van der Waals surface area (Å²) in [7, 11) is 0. The van der Waals surface area contributed by atoms with Crippen molar-refractivity contribution in [2.75, 3.05) is 0 Å². The first-order valence-corrected chi connectivity index (χ1v) is 3.00. The standard InChI is InChI=1S/C6H6F2N2O/c7-5(8)1-4-2-9-6(3-11)10-4/h2-3,5H,1H2,(H,9,10). The van der Waals surface area contributed by atoms with Gasteiger partial charge in [0.2, 0.25) is 6.43 Å². The van der Waals surface area contributed by atoms with Crippen LogP contribution in [0.15, 0.2) is 6.20 Å². The van der Waals surface area contributed by atoms with Gasteiger partial charge in [0.15, 0.2) is 12.1 Å². The number of aromatic amines is 1. The van der Waals surface area contributed by atoms with Crippen molar-refractivity contribution in [3.8, 4) is 0 Å². The van der Waals surface area contributed by atoms with E-state index in [1.54, 1.807) is 0 Å². The van der Waals surface area contributed by atoms with E-state index in [0.717, 1.165) is 0 Å². The maximum absolute atomic E-state index is 11.7. The number of hydrogen-bond donors (Lipinski definition) is 1. The Morgan fingerprint density at radius 1 is 1.73 bits per heavy atom. The van der Waals surface area contributed by atoms with Crippen LogP contribution >= 0.6 is 0 Å². The van der Waals surface area contributed by atoms with Crippen LogP contribution in [0.25, 0.3) is 0 Å². The number of aldehydes is 1. The highest BCUT2D eigenvalue weighted by molar-refractivity contribution is 5.68. The van der Waals surface area contributed by atoms with Gasteiger partial charge in [-0.15, -0.1) is 0 Å². The Labute approximate surface area is 61.4 Å². The van der Waals surface area contributed by atoms with Crippen LogP contribution in [0.2, 0.25) is 0 Å². The molecule has 60 valence electrons. The molecule has 0 aromatic carbocycles. The second-order valence-corrected chi connectivity index (χ2v) is 1.99. The van der Waals surface area contributed by atoms with Crippen molar-refractivity contribution >= 4 is 6.29 Å². The molecule has 0 fully saturated rings. The van der Waals surface area contributed by atoms with Crippen molar-refractivity contribution < 1.29 is 13.6 Å². The van der Waals surface area contributed by atoms with E-state index in [-0.39, 0.29) is 11.5 Å². The molecule has 0 saturated heterocycles. The minimum absolute atomic E-state index is 0.0839. The first kappa shape index (κ1) is 7.84. The van der Waals surface area contributed by atoms with Crippen LogP contribution in [0.5, 0.6) is 0 Å². The second-order valence-electron chi connectivity index (χ2n) is 1.99. The van der Waals surface area contributed by atoms with Gasteiger partial charge in [0.25, 0.3) is 0 Å². The quantitative estimate of drug-likeness (QED) is 0.671. The molecule has 3 nitrogen and oxygen atoms in total. The van der Waals surface area contributed by atoms with Gasteiger partial charge in [0, 0.05) is 6.20 Å². The van der Waals surface area contributed by atoms with Gasteiger partial charge in [0.05, 0.1) is 12.1 Å². The summed E-state index contributed by atoms with van der Waals surface area (Å²) in [6, 6.07) is 0. The zero-order valence-corrected chi connectivity index (χ0v) is 5.55. The lowest BCUT2D eigenvalue weighted by atomic mass is 10.3. The third-order valence-electron chi connectivity index (χ3n) is 1.13. The number of carbonyl (C=O) groups is 1. The van der Waals surface area contributed by atoms with Gasteiger partial charge >= 0.3 is 0 Å². The molecule has 0 radical (unpaired) electrons. The summed E-state index contributed by atoms with van der Waals surface area (Å²) >= 11 is 0. The van der Waals surface area contributed by atoms with E-state index >= 15 is 0 Å². The molecule has 1 rings (SSSR count). The summed E-state index contributed by atoms with van der Waals surface area (Å²) in [5, 5.41) is 0. The van der Waals surface area contributed by atoms with Gasteiger partial charge < -0.3 is 4.98 Å². The van der Waals surface area contributed by atoms with Crippen molar-refractivity contribution in [2.45, 2.75) is 12.8 Å². The van der Waals surface area contributed by atoms with Crippen LogP contribution in [0, 0.1) is 0 Å². The van der Waals surface area contributed by atoms with Crippen molar-refractivity contribution in [3.63, 3.8) is 0 Å². The van der Waals surface area contributed by atoms with Gasteiger partial charge in [-0.05, 0) is 0 Å². The maximum atomic E-state index is 11.7. The predicted octanol–water partition coefficient (Wildman–Crippen LogP) is 1.03. The highest BCUT2D eigenvalue weighted by Crippen LogP contribution is 2.03. The molecule has 11 heavy (non-hydrogen) atoms. The number of nitrogens with one attached hydrogen (secondary N) is 1. The Hall–Kier alpha value is -1.26. The monoisotopic (exact) mass is 160 g/mol. The van der Waals surface area contributed by atoms with Crippen LogP contribution in [0.3, 0.4) is 0 Å². The molecule has 0 unspecified atom stereocenters. The smallest absolute Gasteiger partial charge is 0.244 e. The number of carbonyl (C=O) groups excluding carboxylic acids is 1. The summed E-state index contributed by atoms with van der Waals surface area (Å²) in [4.78, 5) is 16.0. The van der Waals surface area contributed by atoms with Gasteiger partial charge in [-0.3, -0.25) is 4.79 Å². The number of halogens is 2. The SMILES string of the molecule is O=Cc1nc(CC(F)F)c[nH]1. The molecule has 1 heterocycles. The molecule has 0 aliphatic rings. The van der Waals surface area contributed by atoms with Crippen LogP contribution < -0.4 is 0 Å². The van der Waals surface area contributed by atoms with E-state index < -0.39 is 12.8 Å². The Balaban J connectivity index is 2.65. The molecule has 0 aliphatic carbocycles. The topological polar surface area (TPSA) is 45.8 Å². The molecule has 5 heteroatoms. The van der Waals surface area contributed by atoms with Crippen molar-refractivity contribution in [1.29, 1.82) is 0 Å². The number of imidazole rings is 1. The van der Waals surface area contributed by atoms with Gasteiger partial charge in [-0.25, -0.2) is 13.8 Å². The molecule has 0 saturated carbocycles. The Kier molecular flexibility index (Phi) is 2.30. The van der Waals surface area contributed by atoms with E-state index in [1.807, 2.05) is 0 Å². The van der Waals surface area contributed by atoms with Crippen LogP contribution in [-0.2, 0) is 6.42 Å². The zero-order valence-electron chi connectivity index (χ0n) is 5.55. The average molecular weight is 160 g/mol. The molecule has 1 N–H and O–H groups in total. The second kappa shape index (κ2) is 3.23. The fourth-order valence-corrected chi connectivity index (χ4v) is 0.700. The number of H-pyrrole nitrogens is 1. The lowest BCUT2D eigenvalue weighted by Crippen LogP contribution is -1.96. The highest BCUT2D eigenvalue weighted by Gasteiger charge is 2.07. The van der Waals surface area contributed by atoms with Crippen molar-refractivity contribution in [2.24, 2.45) is 0 Å². The van der Waals surface area contributed by atoms with Crippen molar-refractivity contribution in [1.82, 2.24) is 9.97 Å². The third-order valence-corrected chi connectivity index (χ3v) is 1.13. The Morgan fingerprint density at radius 3 is 2.91 bits per heavy atom. The number of nitrogens with zero attached hydrogens (tertiary/aromatic N) is 1. The molecule has 0 spiro atoms. The van der Waals surface area contributed by atoms with Crippen molar-refractivity contribution in [3.05, 3.63) is 17.7 Å². The van der Waals surface area contributed by atoms with Gasteiger partial charge in [-0.1, -0.05) is 0 Å². The highest BCUT2D eigenvalue weighted by atomic mass is 19.3. The number of aromatic nitrogens is 2. The Bertz CT molecular complexity index is 246. The molecule has 0 atom stereocenters. The van der Waals surface area contributed by atoms with Gasteiger partial charge in [0.1, 0.15) is 0 Å². The maximum Gasteiger partial charge on any atom is 0.244 e. The molecule has 1 aromatic rings. The number of alkyl halides is 2. The molecular formula is C6H6F2N2O. The summed E-state index contributed by atoms with van der Waals surface area (Å²) in [6.45, 7) is 0. The first-order valence-electron chi connectivity index (χ1n) is 3.00. The zero-order chi connectivity index (χ0) is 8.27. The molecule has 0 aliphatic heterocycles. The van der Waals surface area contributed by atoms with E-state index in [1.165, 1.54) is 6.20 Å². The number of rotatable bonds is 3. The summed E-state index contributed by atoms with van der Waals surface area (Å²) in [5.41, 5.74) is 0.210. The first-order chi connectivity index (χ1) is 5.22. The van der Waals surface area contributed by atoms with E-state index in [9.17, 15) is 13.6 Å². The molecule has 0 bridgehead atoms. The van der Waals surface area contributed by atoms with E-state index in [2.05, 4.69) is 9.97 Å². The molecule has 1 aromatic heterocycles. The Morgan fingerprint density at radius 2 is 2.45 bits per heavy atom. The minimum atomic E-state index is -2.42. The summed E-state index contributed by atoms with van der Waals surface area (Å²) in [5.74, 6) is 0.0839. The van der Waals surface area contributed by atoms with Gasteiger partial charge in [-0.2, -0.15) is 0 Å². The van der Waals surface area contributed by atoms with Crippen LogP contribution in [-0.4, -0.2) is 22.7 Å². The lowest BCUT2D eigenvalue weighted by Gasteiger charge is -1.90. The minimum Gasteiger partial charge on any atom is -0.342 e. The lowest BCUT2D eigenvalue weighted by molar-refractivity contribution is 0.111. The predicted molar refractivity (Wildman–Crippen MR) is 33.7 cm³/mol. The summed E-state index contributed by atoms with van der Waals surface area (Å²) in [6.07, 6.45) is -1.05. The van der Waals surface area contributed by atoms with Crippen LogP contribution in [0.4, 0.5) is 8.78 Å². The number of hydrogen-bond acceptors (Lipinski definition) is 2. The average Bonchev–Trinajstić information content (AvgIpc) is 2.34. The van der Waals surface area contributed by atoms with Crippen LogP contribution in [0.1, 0.15) is 16.3 Å². The molecule has 0 amide bonds. The largest absolute Gasteiger partial charge is 0.342 e. The molecular weight excluding hydrogens is 154 g/mol. The third kappa shape index (κ3) is 2.10. The van der Waals surface area contributed by atoms with E-state index in [0.29, 0.717) is 6.29 Å². The van der Waals surface area contributed by atoms with E-state index in [4.69, 9.17) is 0 Å².